The minimum absolute atomic E-state index is 0. The molecule has 0 bridgehead atoms. The smallest absolute Gasteiger partial charge is 0.319 e. The van der Waals surface area contributed by atoms with Gasteiger partial charge in [-0.05, 0) is 24.1 Å². The second-order valence-corrected chi connectivity index (χ2v) is 4.76. The molecule has 0 fully saturated rings. The molecule has 2 rings (SSSR count). The zero-order valence-electron chi connectivity index (χ0n) is 13.0. The lowest BCUT2D eigenvalue weighted by Crippen LogP contribution is -2.38. The van der Waals surface area contributed by atoms with Crippen LogP contribution in [0.25, 0.3) is 0 Å². The number of alkyl halides is 2. The van der Waals surface area contributed by atoms with Gasteiger partial charge in [0.05, 0.1) is 6.54 Å². The van der Waals surface area contributed by atoms with E-state index in [0.29, 0.717) is 18.9 Å². The summed E-state index contributed by atoms with van der Waals surface area (Å²) in [6, 6.07) is 6.35. The predicted molar refractivity (Wildman–Crippen MR) is 97.2 cm³/mol. The molecule has 9 heteroatoms. The molecule has 0 unspecified atom stereocenters. The first kappa shape index (κ1) is 20.3. The average Bonchev–Trinajstić information content (AvgIpc) is 2.99. The van der Waals surface area contributed by atoms with Crippen LogP contribution in [-0.4, -0.2) is 29.1 Å². The zero-order valence-corrected chi connectivity index (χ0v) is 15.4. The number of benzene rings is 1. The average molecular weight is 453 g/mol. The maximum Gasteiger partial charge on any atom is 0.319 e. The molecule has 0 atom stereocenters. The second kappa shape index (κ2) is 10.2. The summed E-state index contributed by atoms with van der Waals surface area (Å²) in [6.45, 7) is -1.97. The summed E-state index contributed by atoms with van der Waals surface area (Å²) < 4.78 is 39.3. The van der Waals surface area contributed by atoms with Crippen LogP contribution in [0.5, 0.6) is 0 Å². The molecule has 0 saturated carbocycles. The summed E-state index contributed by atoms with van der Waals surface area (Å²) in [5.41, 5.74) is 0.862. The third-order valence-electron chi connectivity index (χ3n) is 3.19. The van der Waals surface area contributed by atoms with Gasteiger partial charge in [-0.25, -0.2) is 9.37 Å². The standard InChI is InChI=1S/C15H18F3N5.HI/c1-19-15(21-6-5-11-3-2-4-12(16)9-11)22-10-13-20-7-8-23(13)14(17)18;/h2-4,7-9,14H,5-6,10H2,1H3,(H2,19,21,22);1H. The molecule has 0 saturated heterocycles. The van der Waals surface area contributed by atoms with Gasteiger partial charge in [-0.1, -0.05) is 12.1 Å². The fourth-order valence-corrected chi connectivity index (χ4v) is 2.06. The molecule has 132 valence electrons. The van der Waals surface area contributed by atoms with E-state index in [1.54, 1.807) is 13.1 Å². The molecular formula is C15H19F3IN5. The van der Waals surface area contributed by atoms with Crippen molar-refractivity contribution in [3.8, 4) is 0 Å². The number of halogens is 4. The summed E-state index contributed by atoms with van der Waals surface area (Å²) in [5, 5.41) is 5.95. The Morgan fingerprint density at radius 1 is 1.33 bits per heavy atom. The Bertz CT molecular complexity index is 660. The molecule has 0 spiro atoms. The second-order valence-electron chi connectivity index (χ2n) is 4.76. The maximum atomic E-state index is 13.1. The number of rotatable bonds is 6. The number of nitrogens with one attached hydrogen (secondary N) is 2. The number of nitrogens with zero attached hydrogens (tertiary/aromatic N) is 3. The number of hydrogen-bond acceptors (Lipinski definition) is 2. The van der Waals surface area contributed by atoms with E-state index < -0.39 is 6.55 Å². The summed E-state index contributed by atoms with van der Waals surface area (Å²) >= 11 is 0. The van der Waals surface area contributed by atoms with Crippen LogP contribution in [0.1, 0.15) is 17.9 Å². The lowest BCUT2D eigenvalue weighted by Gasteiger charge is -2.12. The van der Waals surface area contributed by atoms with E-state index >= 15 is 0 Å². The van der Waals surface area contributed by atoms with Crippen molar-refractivity contribution in [1.82, 2.24) is 20.2 Å². The van der Waals surface area contributed by atoms with Gasteiger partial charge in [0.15, 0.2) is 5.96 Å². The SMILES string of the molecule is CN=C(NCCc1cccc(F)c1)NCc1nccn1C(F)F.I. The monoisotopic (exact) mass is 453 g/mol. The van der Waals surface area contributed by atoms with Crippen LogP contribution in [0.2, 0.25) is 0 Å². The van der Waals surface area contributed by atoms with Gasteiger partial charge in [-0.15, -0.1) is 24.0 Å². The lowest BCUT2D eigenvalue weighted by atomic mass is 10.1. The highest BCUT2D eigenvalue weighted by molar-refractivity contribution is 14.0. The topological polar surface area (TPSA) is 54.2 Å². The highest BCUT2D eigenvalue weighted by Crippen LogP contribution is 2.11. The number of guanidine groups is 1. The van der Waals surface area contributed by atoms with Gasteiger partial charge in [0.2, 0.25) is 0 Å². The highest BCUT2D eigenvalue weighted by Gasteiger charge is 2.11. The molecule has 0 amide bonds. The summed E-state index contributed by atoms with van der Waals surface area (Å²) in [7, 11) is 1.58. The molecular weight excluding hydrogens is 434 g/mol. The van der Waals surface area contributed by atoms with E-state index in [0.717, 1.165) is 10.1 Å². The van der Waals surface area contributed by atoms with Crippen molar-refractivity contribution in [2.45, 2.75) is 19.5 Å². The summed E-state index contributed by atoms with van der Waals surface area (Å²) in [6.07, 6.45) is 3.16. The largest absolute Gasteiger partial charge is 0.356 e. The Balaban J connectivity index is 0.00000288. The fraction of sp³-hybridized carbons (Fsp3) is 0.333. The van der Waals surface area contributed by atoms with Gasteiger partial charge in [0.1, 0.15) is 11.6 Å². The van der Waals surface area contributed by atoms with Crippen LogP contribution < -0.4 is 10.6 Å². The van der Waals surface area contributed by atoms with Crippen LogP contribution >= 0.6 is 24.0 Å². The molecule has 24 heavy (non-hydrogen) atoms. The third kappa shape index (κ3) is 6.02. The molecule has 5 nitrogen and oxygen atoms in total. The van der Waals surface area contributed by atoms with Crippen molar-refractivity contribution < 1.29 is 13.2 Å². The molecule has 0 aliphatic carbocycles. The Morgan fingerprint density at radius 3 is 2.79 bits per heavy atom. The minimum atomic E-state index is -2.63. The van der Waals surface area contributed by atoms with Crippen molar-refractivity contribution in [1.29, 1.82) is 0 Å². The first-order valence-corrected chi connectivity index (χ1v) is 7.09. The molecule has 1 heterocycles. The van der Waals surface area contributed by atoms with Crippen LogP contribution in [0.4, 0.5) is 13.2 Å². The van der Waals surface area contributed by atoms with E-state index in [2.05, 4.69) is 20.6 Å². The summed E-state index contributed by atoms with van der Waals surface area (Å²) in [5.74, 6) is 0.405. The maximum absolute atomic E-state index is 13.1. The number of aromatic nitrogens is 2. The van der Waals surface area contributed by atoms with Crippen molar-refractivity contribution in [2.24, 2.45) is 4.99 Å². The van der Waals surface area contributed by atoms with Gasteiger partial charge in [0, 0.05) is 26.0 Å². The third-order valence-corrected chi connectivity index (χ3v) is 3.19. The van der Waals surface area contributed by atoms with E-state index in [1.165, 1.54) is 24.5 Å². The summed E-state index contributed by atoms with van der Waals surface area (Å²) in [4.78, 5) is 7.88. The molecule has 0 aliphatic heterocycles. The molecule has 0 radical (unpaired) electrons. The Labute approximate surface area is 155 Å². The van der Waals surface area contributed by atoms with Gasteiger partial charge >= 0.3 is 6.55 Å². The van der Waals surface area contributed by atoms with Crippen molar-refractivity contribution in [3.05, 3.63) is 53.9 Å². The van der Waals surface area contributed by atoms with Crippen LogP contribution in [-0.2, 0) is 13.0 Å². The van der Waals surface area contributed by atoms with Crippen molar-refractivity contribution in [2.75, 3.05) is 13.6 Å². The number of imidazole rings is 1. The van der Waals surface area contributed by atoms with E-state index in [1.807, 2.05) is 6.07 Å². The van der Waals surface area contributed by atoms with Gasteiger partial charge in [0.25, 0.3) is 0 Å². The highest BCUT2D eigenvalue weighted by atomic mass is 127. The molecule has 1 aromatic carbocycles. The van der Waals surface area contributed by atoms with Gasteiger partial charge < -0.3 is 10.6 Å². The van der Waals surface area contributed by atoms with Gasteiger partial charge in [-0.3, -0.25) is 9.56 Å². The minimum Gasteiger partial charge on any atom is -0.356 e. The molecule has 2 aromatic rings. The quantitative estimate of drug-likeness (QED) is 0.402. The van der Waals surface area contributed by atoms with Crippen molar-refractivity contribution in [3.63, 3.8) is 0 Å². The molecule has 1 aromatic heterocycles. The fourth-order valence-electron chi connectivity index (χ4n) is 2.06. The Hall–Kier alpha value is -1.78. The lowest BCUT2D eigenvalue weighted by molar-refractivity contribution is 0.0668. The zero-order chi connectivity index (χ0) is 16.7. The van der Waals surface area contributed by atoms with Crippen LogP contribution in [0.3, 0.4) is 0 Å². The first-order valence-electron chi connectivity index (χ1n) is 7.09. The number of aliphatic imine (C=N–C) groups is 1. The van der Waals surface area contributed by atoms with Crippen LogP contribution in [0, 0.1) is 5.82 Å². The van der Waals surface area contributed by atoms with Gasteiger partial charge in [-0.2, -0.15) is 8.78 Å². The van der Waals surface area contributed by atoms with Crippen LogP contribution in [0.15, 0.2) is 41.7 Å². The Kier molecular flexibility index (Phi) is 8.58. The van der Waals surface area contributed by atoms with Crippen molar-refractivity contribution >= 4 is 29.9 Å². The molecule has 2 N–H and O–H groups in total. The molecule has 0 aliphatic rings. The number of hydrogen-bond donors (Lipinski definition) is 2. The predicted octanol–water partition coefficient (Wildman–Crippen LogP) is 2.94. The van der Waals surface area contributed by atoms with E-state index in [9.17, 15) is 13.2 Å². The van der Waals surface area contributed by atoms with E-state index in [-0.39, 0.29) is 42.2 Å². The normalized spacial score (nSPS) is 11.3. The van der Waals surface area contributed by atoms with E-state index in [4.69, 9.17) is 0 Å². The Morgan fingerprint density at radius 2 is 2.12 bits per heavy atom. The first-order chi connectivity index (χ1) is 11.1.